The summed E-state index contributed by atoms with van der Waals surface area (Å²) in [5, 5.41) is 13.2. The summed E-state index contributed by atoms with van der Waals surface area (Å²) in [5.41, 5.74) is 1.99. The molecule has 1 amide bonds. The number of aromatic nitrogens is 1. The summed E-state index contributed by atoms with van der Waals surface area (Å²) in [7, 11) is 0. The summed E-state index contributed by atoms with van der Waals surface area (Å²) in [5.74, 6) is 0.0339. The van der Waals surface area contributed by atoms with E-state index in [0.29, 0.717) is 11.5 Å². The third kappa shape index (κ3) is 4.17. The molecule has 1 aliphatic carbocycles. The maximum atomic E-state index is 12.2. The van der Waals surface area contributed by atoms with E-state index in [2.05, 4.69) is 10.3 Å². The first-order chi connectivity index (χ1) is 9.99. The zero-order valence-corrected chi connectivity index (χ0v) is 13.4. The summed E-state index contributed by atoms with van der Waals surface area (Å²) >= 11 is 6.06. The highest BCUT2D eigenvalue weighted by Crippen LogP contribution is 2.26. The van der Waals surface area contributed by atoms with Crippen LogP contribution in [0.25, 0.3) is 0 Å². The Morgan fingerprint density at radius 1 is 1.43 bits per heavy atom. The number of halogens is 1. The molecule has 0 spiro atoms. The van der Waals surface area contributed by atoms with Crippen LogP contribution in [0.4, 0.5) is 0 Å². The minimum Gasteiger partial charge on any atom is -0.391 e. The molecular weight excluding hydrogens is 288 g/mol. The number of hydrogen-bond acceptors (Lipinski definition) is 3. The Kier molecular flexibility index (Phi) is 5.59. The molecule has 0 aliphatic heterocycles. The second-order valence-electron chi connectivity index (χ2n) is 5.92. The van der Waals surface area contributed by atoms with E-state index in [0.717, 1.165) is 24.1 Å². The summed E-state index contributed by atoms with van der Waals surface area (Å²) in [6.07, 6.45) is 5.20. The van der Waals surface area contributed by atoms with E-state index in [4.69, 9.17) is 11.6 Å². The zero-order chi connectivity index (χ0) is 15.4. The quantitative estimate of drug-likeness (QED) is 0.840. The van der Waals surface area contributed by atoms with Crippen molar-refractivity contribution in [3.8, 4) is 0 Å². The van der Waals surface area contributed by atoms with E-state index >= 15 is 0 Å². The van der Waals surface area contributed by atoms with Crippen molar-refractivity contribution >= 4 is 17.5 Å². The Labute approximate surface area is 130 Å². The number of carbonyl (C=O) groups excluding carboxylic acids is 1. The number of hydrogen-bond donors (Lipinski definition) is 2. The average molecular weight is 311 g/mol. The maximum absolute atomic E-state index is 12.2. The molecule has 2 N–H and O–H groups in total. The van der Waals surface area contributed by atoms with Gasteiger partial charge in [-0.25, -0.2) is 4.98 Å². The van der Waals surface area contributed by atoms with Crippen molar-refractivity contribution in [2.75, 3.05) is 6.54 Å². The number of rotatable bonds is 4. The number of aryl methyl sites for hydroxylation is 2. The van der Waals surface area contributed by atoms with Crippen molar-refractivity contribution in [1.29, 1.82) is 0 Å². The van der Waals surface area contributed by atoms with Gasteiger partial charge in [-0.2, -0.15) is 0 Å². The molecule has 0 saturated heterocycles. The lowest BCUT2D eigenvalue weighted by Gasteiger charge is -2.26. The van der Waals surface area contributed by atoms with Crippen LogP contribution in [-0.2, 0) is 0 Å². The van der Waals surface area contributed by atoms with Crippen molar-refractivity contribution < 1.29 is 9.90 Å². The van der Waals surface area contributed by atoms with Gasteiger partial charge in [0.2, 0.25) is 0 Å². The van der Waals surface area contributed by atoms with E-state index in [1.54, 1.807) is 0 Å². The van der Waals surface area contributed by atoms with Gasteiger partial charge in [0.15, 0.2) is 0 Å². The molecule has 4 nitrogen and oxygen atoms in total. The van der Waals surface area contributed by atoms with Crippen LogP contribution in [0.1, 0.15) is 53.7 Å². The number of amides is 1. The van der Waals surface area contributed by atoms with Gasteiger partial charge in [0.25, 0.3) is 5.91 Å². The largest absolute Gasteiger partial charge is 0.391 e. The minimum atomic E-state index is -0.480. The molecule has 0 bridgehead atoms. The summed E-state index contributed by atoms with van der Waals surface area (Å²) < 4.78 is 0. The Bertz CT molecular complexity index is 490. The second kappa shape index (κ2) is 7.23. The van der Waals surface area contributed by atoms with E-state index in [1.807, 2.05) is 19.9 Å². The standard InChI is InChI=1S/C16H23ClN2O2/c1-10-8-11(2)19-15(17)14(10)16(21)18-9-13(20)12-6-4-3-5-7-12/h8,12-13,20H,3-7,9H2,1-2H3,(H,18,21). The topological polar surface area (TPSA) is 62.2 Å². The van der Waals surface area contributed by atoms with Gasteiger partial charge in [-0.15, -0.1) is 0 Å². The Morgan fingerprint density at radius 2 is 2.10 bits per heavy atom. The molecule has 1 aromatic heterocycles. The van der Waals surface area contributed by atoms with Gasteiger partial charge in [0.1, 0.15) is 5.15 Å². The molecule has 1 aromatic rings. The lowest BCUT2D eigenvalue weighted by Crippen LogP contribution is -2.37. The first-order valence-corrected chi connectivity index (χ1v) is 7.97. The van der Waals surface area contributed by atoms with Crippen molar-refractivity contribution in [2.24, 2.45) is 5.92 Å². The molecule has 116 valence electrons. The molecular formula is C16H23ClN2O2. The van der Waals surface area contributed by atoms with Crippen LogP contribution < -0.4 is 5.32 Å². The fourth-order valence-corrected chi connectivity index (χ4v) is 3.40. The average Bonchev–Trinajstić information content (AvgIpc) is 2.44. The van der Waals surface area contributed by atoms with Crippen LogP contribution >= 0.6 is 11.6 Å². The Morgan fingerprint density at radius 3 is 2.71 bits per heavy atom. The zero-order valence-electron chi connectivity index (χ0n) is 12.7. The van der Waals surface area contributed by atoms with E-state index in [1.165, 1.54) is 19.3 Å². The number of carbonyl (C=O) groups is 1. The third-order valence-corrected chi connectivity index (χ3v) is 4.47. The SMILES string of the molecule is Cc1cc(C)c(C(=O)NCC(O)C2CCCCC2)c(Cl)n1. The number of nitrogens with one attached hydrogen (secondary N) is 1. The maximum Gasteiger partial charge on any atom is 0.254 e. The van der Waals surface area contributed by atoms with Gasteiger partial charge in [-0.1, -0.05) is 30.9 Å². The lowest BCUT2D eigenvalue weighted by atomic mass is 9.85. The van der Waals surface area contributed by atoms with E-state index in [9.17, 15) is 9.90 Å². The van der Waals surface area contributed by atoms with Crippen LogP contribution in [0.3, 0.4) is 0 Å². The summed E-state index contributed by atoms with van der Waals surface area (Å²) in [4.78, 5) is 16.4. The first-order valence-electron chi connectivity index (χ1n) is 7.59. The Balaban J connectivity index is 1.95. The van der Waals surface area contributed by atoms with Crippen LogP contribution in [0, 0.1) is 19.8 Å². The number of nitrogens with zero attached hydrogens (tertiary/aromatic N) is 1. The van der Waals surface area contributed by atoms with Gasteiger partial charge in [-0.05, 0) is 44.2 Å². The predicted molar refractivity (Wildman–Crippen MR) is 83.6 cm³/mol. The minimum absolute atomic E-state index is 0.220. The van der Waals surface area contributed by atoms with Crippen molar-refractivity contribution in [3.05, 3.63) is 28.0 Å². The van der Waals surface area contributed by atoms with Gasteiger partial charge >= 0.3 is 0 Å². The van der Waals surface area contributed by atoms with Crippen LogP contribution in [0.15, 0.2) is 6.07 Å². The highest BCUT2D eigenvalue weighted by atomic mass is 35.5. The molecule has 2 rings (SSSR count). The Hall–Kier alpha value is -1.13. The molecule has 1 fully saturated rings. The van der Waals surface area contributed by atoms with Crippen molar-refractivity contribution in [2.45, 2.75) is 52.1 Å². The highest BCUT2D eigenvalue weighted by molar-refractivity contribution is 6.32. The van der Waals surface area contributed by atoms with Crippen LogP contribution in [-0.4, -0.2) is 28.6 Å². The normalized spacial score (nSPS) is 17.5. The van der Waals surface area contributed by atoms with Gasteiger partial charge in [0, 0.05) is 12.2 Å². The van der Waals surface area contributed by atoms with Gasteiger partial charge < -0.3 is 10.4 Å². The fraction of sp³-hybridized carbons (Fsp3) is 0.625. The van der Waals surface area contributed by atoms with Crippen molar-refractivity contribution in [3.63, 3.8) is 0 Å². The van der Waals surface area contributed by atoms with Crippen LogP contribution in [0.2, 0.25) is 5.15 Å². The van der Waals surface area contributed by atoms with E-state index < -0.39 is 6.10 Å². The van der Waals surface area contributed by atoms with E-state index in [-0.39, 0.29) is 17.6 Å². The number of pyridine rings is 1. The first kappa shape index (κ1) is 16.2. The highest BCUT2D eigenvalue weighted by Gasteiger charge is 2.23. The molecule has 21 heavy (non-hydrogen) atoms. The lowest BCUT2D eigenvalue weighted by molar-refractivity contribution is 0.0738. The number of aliphatic hydroxyl groups is 1. The van der Waals surface area contributed by atoms with Crippen LogP contribution in [0.5, 0.6) is 0 Å². The van der Waals surface area contributed by atoms with Crippen molar-refractivity contribution in [1.82, 2.24) is 10.3 Å². The van der Waals surface area contributed by atoms with Gasteiger partial charge in [-0.3, -0.25) is 4.79 Å². The van der Waals surface area contributed by atoms with Gasteiger partial charge in [0.05, 0.1) is 11.7 Å². The molecule has 1 saturated carbocycles. The molecule has 0 radical (unpaired) electrons. The smallest absolute Gasteiger partial charge is 0.254 e. The predicted octanol–water partition coefficient (Wildman–Crippen LogP) is 3.02. The molecule has 0 aromatic carbocycles. The second-order valence-corrected chi connectivity index (χ2v) is 6.28. The molecule has 1 heterocycles. The number of aliphatic hydroxyl groups excluding tert-OH is 1. The third-order valence-electron chi connectivity index (χ3n) is 4.19. The molecule has 5 heteroatoms. The monoisotopic (exact) mass is 310 g/mol. The molecule has 1 aliphatic rings. The fourth-order valence-electron chi connectivity index (χ4n) is 3.04. The summed E-state index contributed by atoms with van der Waals surface area (Å²) in [6.45, 7) is 3.95. The summed E-state index contributed by atoms with van der Waals surface area (Å²) in [6, 6.07) is 1.83. The molecule has 1 atom stereocenters. The molecule has 1 unspecified atom stereocenters.